The Morgan fingerprint density at radius 3 is 3.00 bits per heavy atom. The fraction of sp³-hybridized carbons (Fsp3) is 0.250. The molecule has 0 aliphatic rings. The molecule has 3 rings (SSSR count). The number of fused-ring (bicyclic) bond motifs is 1. The minimum atomic E-state index is 0.0624. The van der Waals surface area contributed by atoms with Crippen LogP contribution < -0.4 is 5.73 Å². The van der Waals surface area contributed by atoms with E-state index in [1.54, 1.807) is 11.0 Å². The normalized spacial score (nSPS) is 13.0. The van der Waals surface area contributed by atoms with Crippen molar-refractivity contribution in [2.24, 2.45) is 5.73 Å². The largest absolute Gasteiger partial charge is 0.328 e. The highest BCUT2D eigenvalue weighted by molar-refractivity contribution is 5.48. The lowest BCUT2D eigenvalue weighted by atomic mass is 10.2. The van der Waals surface area contributed by atoms with Gasteiger partial charge in [-0.1, -0.05) is 6.07 Å². The van der Waals surface area contributed by atoms with Gasteiger partial charge in [0.2, 0.25) is 0 Å². The maximum absolute atomic E-state index is 5.91. The molecule has 1 unspecified atom stereocenters. The molecule has 0 aromatic carbocycles. The van der Waals surface area contributed by atoms with Gasteiger partial charge < -0.3 is 10.1 Å². The molecule has 92 valence electrons. The summed E-state index contributed by atoms with van der Waals surface area (Å²) in [7, 11) is 0. The molecule has 1 atom stereocenters. The molecule has 0 bridgehead atoms. The van der Waals surface area contributed by atoms with Gasteiger partial charge in [0.05, 0.1) is 5.69 Å². The summed E-state index contributed by atoms with van der Waals surface area (Å²) in [6, 6.07) is 5.96. The van der Waals surface area contributed by atoms with Gasteiger partial charge in [-0.05, 0) is 19.1 Å². The molecule has 2 N–H and O–H groups in total. The summed E-state index contributed by atoms with van der Waals surface area (Å²) in [5, 5.41) is 4.14. The van der Waals surface area contributed by atoms with Crippen molar-refractivity contribution in [3.05, 3.63) is 42.7 Å². The lowest BCUT2D eigenvalue weighted by Crippen LogP contribution is -2.20. The van der Waals surface area contributed by atoms with Gasteiger partial charge in [-0.15, -0.1) is 0 Å². The first-order valence-electron chi connectivity index (χ1n) is 5.82. The van der Waals surface area contributed by atoms with Gasteiger partial charge in [0.1, 0.15) is 18.3 Å². The van der Waals surface area contributed by atoms with Gasteiger partial charge >= 0.3 is 0 Å². The van der Waals surface area contributed by atoms with Crippen LogP contribution in [0, 0.1) is 0 Å². The molecule has 0 saturated heterocycles. The first-order chi connectivity index (χ1) is 8.75. The van der Waals surface area contributed by atoms with Crippen molar-refractivity contribution in [3.63, 3.8) is 0 Å². The number of pyridine rings is 1. The summed E-state index contributed by atoms with van der Waals surface area (Å²) in [6.07, 6.45) is 5.87. The average molecular weight is 242 g/mol. The van der Waals surface area contributed by atoms with Crippen LogP contribution in [0.5, 0.6) is 0 Å². The van der Waals surface area contributed by atoms with Gasteiger partial charge in [0.15, 0.2) is 5.82 Å². The lowest BCUT2D eigenvalue weighted by molar-refractivity contribution is 0.705. The Morgan fingerprint density at radius 1 is 1.39 bits per heavy atom. The van der Waals surface area contributed by atoms with E-state index in [4.69, 9.17) is 5.73 Å². The zero-order valence-corrected chi connectivity index (χ0v) is 10.1. The number of aromatic nitrogens is 5. The number of nitrogens with zero attached hydrogens (tertiary/aromatic N) is 5. The summed E-state index contributed by atoms with van der Waals surface area (Å²) in [5.41, 5.74) is 7.85. The predicted molar refractivity (Wildman–Crippen MR) is 67.5 cm³/mol. The second kappa shape index (κ2) is 4.23. The molecule has 0 amide bonds. The Hall–Kier alpha value is -2.21. The highest BCUT2D eigenvalue weighted by Crippen LogP contribution is 2.17. The van der Waals surface area contributed by atoms with Crippen LogP contribution in [0.15, 0.2) is 37.1 Å². The second-order valence-electron chi connectivity index (χ2n) is 4.33. The summed E-state index contributed by atoms with van der Waals surface area (Å²) in [4.78, 5) is 8.54. The smallest absolute Gasteiger partial charge is 0.177 e. The van der Waals surface area contributed by atoms with Crippen LogP contribution in [-0.4, -0.2) is 30.2 Å². The van der Waals surface area contributed by atoms with Crippen LogP contribution >= 0.6 is 0 Å². The summed E-state index contributed by atoms with van der Waals surface area (Å²) in [5.74, 6) is 0.788. The van der Waals surface area contributed by atoms with E-state index in [1.807, 2.05) is 35.7 Å². The first kappa shape index (κ1) is 10.9. The first-order valence-corrected chi connectivity index (χ1v) is 5.82. The maximum Gasteiger partial charge on any atom is 0.177 e. The van der Waals surface area contributed by atoms with Gasteiger partial charge in [-0.25, -0.2) is 14.6 Å². The van der Waals surface area contributed by atoms with Crippen molar-refractivity contribution >= 4 is 5.65 Å². The van der Waals surface area contributed by atoms with Gasteiger partial charge in [-0.3, -0.25) is 0 Å². The third-order valence-electron chi connectivity index (χ3n) is 2.76. The standard InChI is InChI=1S/C12H14N6/c1-9(13)6-10-12(18-8-14-7-15-18)16-11-4-2-3-5-17(10)11/h2-5,7-9H,6,13H2,1H3. The molecular weight excluding hydrogens is 228 g/mol. The van der Waals surface area contributed by atoms with Crippen LogP contribution in [-0.2, 0) is 6.42 Å². The van der Waals surface area contributed by atoms with E-state index < -0.39 is 0 Å². The van der Waals surface area contributed by atoms with E-state index >= 15 is 0 Å². The third kappa shape index (κ3) is 1.76. The molecule has 6 nitrogen and oxygen atoms in total. The van der Waals surface area contributed by atoms with Gasteiger partial charge in [0.25, 0.3) is 0 Å². The Balaban J connectivity index is 2.23. The van der Waals surface area contributed by atoms with E-state index in [1.165, 1.54) is 6.33 Å². The fourth-order valence-corrected chi connectivity index (χ4v) is 2.03. The second-order valence-corrected chi connectivity index (χ2v) is 4.33. The van der Waals surface area contributed by atoms with Crippen LogP contribution in [0.3, 0.4) is 0 Å². The molecular formula is C12H14N6. The topological polar surface area (TPSA) is 74.0 Å². The number of imidazole rings is 1. The van der Waals surface area contributed by atoms with Crippen molar-refractivity contribution in [1.29, 1.82) is 0 Å². The molecule has 0 spiro atoms. The molecule has 18 heavy (non-hydrogen) atoms. The molecule has 0 radical (unpaired) electrons. The SMILES string of the molecule is CC(N)Cc1c(-n2cncn2)nc2ccccn12. The van der Waals surface area contributed by atoms with Crippen LogP contribution in [0.1, 0.15) is 12.6 Å². The Morgan fingerprint density at radius 2 is 2.28 bits per heavy atom. The van der Waals surface area contributed by atoms with Crippen LogP contribution in [0.4, 0.5) is 0 Å². The van der Waals surface area contributed by atoms with E-state index in [9.17, 15) is 0 Å². The highest BCUT2D eigenvalue weighted by Gasteiger charge is 2.15. The average Bonchev–Trinajstić information content (AvgIpc) is 2.96. The molecule has 0 saturated carbocycles. The maximum atomic E-state index is 5.91. The number of rotatable bonds is 3. The molecule has 3 aromatic rings. The third-order valence-corrected chi connectivity index (χ3v) is 2.76. The Labute approximate surface area is 104 Å². The zero-order valence-electron chi connectivity index (χ0n) is 10.1. The molecule has 6 heteroatoms. The molecule has 0 aliphatic carbocycles. The molecule has 3 aromatic heterocycles. The minimum Gasteiger partial charge on any atom is -0.328 e. The monoisotopic (exact) mass is 242 g/mol. The molecule has 3 heterocycles. The van der Waals surface area contributed by atoms with Crippen molar-refractivity contribution < 1.29 is 0 Å². The summed E-state index contributed by atoms with van der Waals surface area (Å²) in [6.45, 7) is 1.98. The van der Waals surface area contributed by atoms with Crippen molar-refractivity contribution in [2.45, 2.75) is 19.4 Å². The molecule has 0 fully saturated rings. The fourth-order valence-electron chi connectivity index (χ4n) is 2.03. The minimum absolute atomic E-state index is 0.0624. The van der Waals surface area contributed by atoms with E-state index in [0.29, 0.717) is 0 Å². The van der Waals surface area contributed by atoms with E-state index in [2.05, 4.69) is 15.1 Å². The zero-order chi connectivity index (χ0) is 12.5. The van der Waals surface area contributed by atoms with Gasteiger partial charge in [-0.2, -0.15) is 5.10 Å². The van der Waals surface area contributed by atoms with Gasteiger partial charge in [0, 0.05) is 18.7 Å². The van der Waals surface area contributed by atoms with E-state index in [0.717, 1.165) is 23.6 Å². The lowest BCUT2D eigenvalue weighted by Gasteiger charge is -2.07. The Kier molecular flexibility index (Phi) is 2.56. The van der Waals surface area contributed by atoms with Crippen molar-refractivity contribution in [2.75, 3.05) is 0 Å². The Bertz CT molecular complexity index is 652. The predicted octanol–water partition coefficient (Wildman–Crippen LogP) is 0.805. The number of nitrogens with two attached hydrogens (primary N) is 1. The van der Waals surface area contributed by atoms with E-state index in [-0.39, 0.29) is 6.04 Å². The van der Waals surface area contributed by atoms with Crippen LogP contribution in [0.2, 0.25) is 0 Å². The summed E-state index contributed by atoms with van der Waals surface area (Å²) >= 11 is 0. The van der Waals surface area contributed by atoms with Crippen molar-refractivity contribution in [1.82, 2.24) is 24.1 Å². The number of hydrogen-bond donors (Lipinski definition) is 1. The van der Waals surface area contributed by atoms with Crippen molar-refractivity contribution in [3.8, 4) is 5.82 Å². The molecule has 0 aliphatic heterocycles. The quantitative estimate of drug-likeness (QED) is 0.737. The van der Waals surface area contributed by atoms with Crippen LogP contribution in [0.25, 0.3) is 11.5 Å². The summed E-state index contributed by atoms with van der Waals surface area (Å²) < 4.78 is 3.71. The highest BCUT2D eigenvalue weighted by atomic mass is 15.4. The number of hydrogen-bond acceptors (Lipinski definition) is 4.